The minimum Gasteiger partial charge on any atom is -0.342 e. The van der Waals surface area contributed by atoms with Crippen LogP contribution in [0.3, 0.4) is 0 Å². The Morgan fingerprint density at radius 1 is 1.04 bits per heavy atom. The van der Waals surface area contributed by atoms with Crippen LogP contribution in [-0.2, 0) is 9.59 Å². The first-order valence-corrected chi connectivity index (χ1v) is 10.7. The lowest BCUT2D eigenvalue weighted by molar-refractivity contribution is -0.134. The average molecular weight is 407 g/mol. The predicted octanol–water partition coefficient (Wildman–Crippen LogP) is 2.69. The molecule has 0 radical (unpaired) electrons. The first-order chi connectivity index (χ1) is 13.5. The molecule has 2 aliphatic rings. The fraction of sp³-hybridized carbons (Fsp3) is 0.619. The molecule has 2 fully saturated rings. The van der Waals surface area contributed by atoms with Crippen LogP contribution in [0.25, 0.3) is 0 Å². The summed E-state index contributed by atoms with van der Waals surface area (Å²) in [6.45, 7) is 4.02. The van der Waals surface area contributed by atoms with Gasteiger partial charge in [0.2, 0.25) is 11.8 Å². The molecule has 6 nitrogen and oxygen atoms in total. The van der Waals surface area contributed by atoms with Gasteiger partial charge in [-0.2, -0.15) is 0 Å². The van der Waals surface area contributed by atoms with Gasteiger partial charge in [0, 0.05) is 39.3 Å². The van der Waals surface area contributed by atoms with E-state index in [1.165, 1.54) is 19.3 Å². The molecule has 1 saturated carbocycles. The standard InChI is InChI=1S/C21H31ClN4O2/c1-24(17-7-3-2-4-8-17)21(28)16-26-13-11-25(12-14-26)15-20(27)23-19-10-6-5-9-18(19)22/h5-6,9-10,17H,2-4,7-8,11-16H2,1H3,(H,23,27). The predicted molar refractivity (Wildman–Crippen MR) is 113 cm³/mol. The molecule has 154 valence electrons. The van der Waals surface area contributed by atoms with Gasteiger partial charge in [-0.05, 0) is 25.0 Å². The molecule has 0 bridgehead atoms. The van der Waals surface area contributed by atoms with Crippen molar-refractivity contribution < 1.29 is 9.59 Å². The number of rotatable bonds is 6. The number of amides is 2. The van der Waals surface area contributed by atoms with Crippen LogP contribution < -0.4 is 5.32 Å². The lowest BCUT2D eigenvalue weighted by Gasteiger charge is -2.36. The van der Waals surface area contributed by atoms with Crippen molar-refractivity contribution >= 4 is 29.1 Å². The molecule has 28 heavy (non-hydrogen) atoms. The van der Waals surface area contributed by atoms with Gasteiger partial charge in [-0.25, -0.2) is 0 Å². The maximum absolute atomic E-state index is 12.6. The van der Waals surface area contributed by atoms with Crippen molar-refractivity contribution in [2.24, 2.45) is 0 Å². The van der Waals surface area contributed by atoms with Crippen molar-refractivity contribution in [1.82, 2.24) is 14.7 Å². The number of piperazine rings is 1. The molecule has 0 unspecified atom stereocenters. The molecule has 1 aromatic rings. The zero-order chi connectivity index (χ0) is 19.9. The third kappa shape index (κ3) is 5.93. The monoisotopic (exact) mass is 406 g/mol. The van der Waals surface area contributed by atoms with Crippen LogP contribution in [-0.4, -0.2) is 78.9 Å². The highest BCUT2D eigenvalue weighted by Crippen LogP contribution is 2.22. The van der Waals surface area contributed by atoms with Crippen molar-refractivity contribution in [3.63, 3.8) is 0 Å². The highest BCUT2D eigenvalue weighted by atomic mass is 35.5. The first kappa shape index (κ1) is 21.1. The number of benzene rings is 1. The van der Waals surface area contributed by atoms with Crippen LogP contribution in [0.2, 0.25) is 5.02 Å². The number of nitrogens with one attached hydrogen (secondary N) is 1. The van der Waals surface area contributed by atoms with E-state index < -0.39 is 0 Å². The van der Waals surface area contributed by atoms with Crippen LogP contribution in [0.4, 0.5) is 5.69 Å². The summed E-state index contributed by atoms with van der Waals surface area (Å²) < 4.78 is 0. The smallest absolute Gasteiger partial charge is 0.238 e. The average Bonchev–Trinajstić information content (AvgIpc) is 2.71. The van der Waals surface area contributed by atoms with Gasteiger partial charge < -0.3 is 10.2 Å². The Bertz CT molecular complexity index is 670. The van der Waals surface area contributed by atoms with E-state index in [0.717, 1.165) is 39.0 Å². The van der Waals surface area contributed by atoms with Crippen molar-refractivity contribution in [3.8, 4) is 0 Å². The zero-order valence-electron chi connectivity index (χ0n) is 16.7. The number of likely N-dealkylation sites (N-methyl/N-ethyl adjacent to an activating group) is 1. The molecule has 1 N–H and O–H groups in total. The summed E-state index contributed by atoms with van der Waals surface area (Å²) in [6, 6.07) is 7.66. The van der Waals surface area contributed by atoms with E-state index in [1.807, 2.05) is 24.1 Å². The zero-order valence-corrected chi connectivity index (χ0v) is 17.5. The molecule has 0 spiro atoms. The summed E-state index contributed by atoms with van der Waals surface area (Å²) in [5.74, 6) is 0.159. The lowest BCUT2D eigenvalue weighted by Crippen LogP contribution is -2.52. The molecule has 0 atom stereocenters. The van der Waals surface area contributed by atoms with Crippen molar-refractivity contribution in [1.29, 1.82) is 0 Å². The minimum atomic E-state index is -0.0605. The van der Waals surface area contributed by atoms with Gasteiger partial charge in [-0.3, -0.25) is 19.4 Å². The van der Waals surface area contributed by atoms with Crippen molar-refractivity contribution in [2.75, 3.05) is 51.6 Å². The number of carbonyl (C=O) groups excluding carboxylic acids is 2. The van der Waals surface area contributed by atoms with E-state index >= 15 is 0 Å². The number of carbonyl (C=O) groups is 2. The molecule has 3 rings (SSSR count). The molecule has 7 heteroatoms. The number of halogens is 1. The molecule has 1 aliphatic heterocycles. The van der Waals surface area contributed by atoms with Gasteiger partial charge in [0.05, 0.1) is 23.8 Å². The molecule has 1 aliphatic carbocycles. The largest absolute Gasteiger partial charge is 0.342 e. The molecule has 2 amide bonds. The highest BCUT2D eigenvalue weighted by Gasteiger charge is 2.25. The van der Waals surface area contributed by atoms with E-state index in [2.05, 4.69) is 15.1 Å². The summed E-state index contributed by atoms with van der Waals surface area (Å²) >= 11 is 6.09. The van der Waals surface area contributed by atoms with Gasteiger partial charge >= 0.3 is 0 Å². The summed E-state index contributed by atoms with van der Waals surface area (Å²) in [4.78, 5) is 31.2. The van der Waals surface area contributed by atoms with E-state index in [9.17, 15) is 9.59 Å². The Morgan fingerprint density at radius 2 is 1.64 bits per heavy atom. The van der Waals surface area contributed by atoms with Crippen LogP contribution in [0.1, 0.15) is 32.1 Å². The third-order valence-electron chi connectivity index (χ3n) is 5.85. The molecule has 1 heterocycles. The second kappa shape index (κ2) is 10.2. The van der Waals surface area contributed by atoms with Gasteiger partial charge in [-0.15, -0.1) is 0 Å². The normalized spacial score (nSPS) is 19.4. The second-order valence-electron chi connectivity index (χ2n) is 7.88. The van der Waals surface area contributed by atoms with Gasteiger partial charge in [0.15, 0.2) is 0 Å². The quantitative estimate of drug-likeness (QED) is 0.789. The fourth-order valence-corrected chi connectivity index (χ4v) is 4.22. The number of para-hydroxylation sites is 1. The topological polar surface area (TPSA) is 55.9 Å². The van der Waals surface area contributed by atoms with Crippen molar-refractivity contribution in [3.05, 3.63) is 29.3 Å². The first-order valence-electron chi connectivity index (χ1n) is 10.3. The Morgan fingerprint density at radius 3 is 2.29 bits per heavy atom. The Kier molecular flexibility index (Phi) is 7.71. The Labute approximate surface area is 172 Å². The van der Waals surface area contributed by atoms with Crippen LogP contribution in [0, 0.1) is 0 Å². The number of hydrogen-bond donors (Lipinski definition) is 1. The van der Waals surface area contributed by atoms with E-state index in [4.69, 9.17) is 11.6 Å². The number of nitrogens with zero attached hydrogens (tertiary/aromatic N) is 3. The molecular weight excluding hydrogens is 376 g/mol. The van der Waals surface area contributed by atoms with Crippen molar-refractivity contribution in [2.45, 2.75) is 38.1 Å². The van der Waals surface area contributed by atoms with Gasteiger partial charge in [-0.1, -0.05) is 43.0 Å². The van der Waals surface area contributed by atoms with E-state index in [-0.39, 0.29) is 11.8 Å². The van der Waals surface area contributed by atoms with Crippen LogP contribution in [0.15, 0.2) is 24.3 Å². The summed E-state index contributed by atoms with van der Waals surface area (Å²) in [6.07, 6.45) is 6.03. The molecule has 1 aromatic carbocycles. The second-order valence-corrected chi connectivity index (χ2v) is 8.28. The summed E-state index contributed by atoms with van der Waals surface area (Å²) in [5, 5.41) is 3.41. The summed E-state index contributed by atoms with van der Waals surface area (Å²) in [5.41, 5.74) is 0.643. The van der Waals surface area contributed by atoms with Gasteiger partial charge in [0.25, 0.3) is 0 Å². The SMILES string of the molecule is CN(C(=O)CN1CCN(CC(=O)Nc2ccccc2Cl)CC1)C1CCCCC1. The third-order valence-corrected chi connectivity index (χ3v) is 6.18. The number of hydrogen-bond acceptors (Lipinski definition) is 4. The minimum absolute atomic E-state index is 0.0605. The lowest BCUT2D eigenvalue weighted by atomic mass is 9.94. The maximum Gasteiger partial charge on any atom is 0.238 e. The van der Waals surface area contributed by atoms with Crippen LogP contribution >= 0.6 is 11.6 Å². The molecular formula is C21H31ClN4O2. The highest BCUT2D eigenvalue weighted by molar-refractivity contribution is 6.33. The number of anilines is 1. The van der Waals surface area contributed by atoms with Crippen LogP contribution in [0.5, 0.6) is 0 Å². The molecule has 0 aromatic heterocycles. The maximum atomic E-state index is 12.6. The van der Waals surface area contributed by atoms with E-state index in [1.54, 1.807) is 12.1 Å². The Balaban J connectivity index is 1.38. The summed E-state index contributed by atoms with van der Waals surface area (Å²) in [7, 11) is 1.95. The Hall–Kier alpha value is -1.63. The fourth-order valence-electron chi connectivity index (χ4n) is 4.04. The van der Waals surface area contributed by atoms with E-state index in [0.29, 0.717) is 29.8 Å². The molecule has 1 saturated heterocycles. The van der Waals surface area contributed by atoms with Gasteiger partial charge in [0.1, 0.15) is 0 Å².